The van der Waals surface area contributed by atoms with Gasteiger partial charge < -0.3 is 14.7 Å². The molecule has 122 valence electrons. The van der Waals surface area contributed by atoms with Crippen molar-refractivity contribution in [2.24, 2.45) is 0 Å². The van der Waals surface area contributed by atoms with Crippen molar-refractivity contribution >= 4 is 18.2 Å². The van der Waals surface area contributed by atoms with E-state index in [1.165, 1.54) is 0 Å². The van der Waals surface area contributed by atoms with Crippen LogP contribution in [0.25, 0.3) is 0 Å². The quantitative estimate of drug-likeness (QED) is 0.718. The number of anilines is 2. The number of amides is 1. The maximum atomic E-state index is 10.8. The zero-order chi connectivity index (χ0) is 15.9. The van der Waals surface area contributed by atoms with Gasteiger partial charge in [0.25, 0.3) is 0 Å². The fourth-order valence-electron chi connectivity index (χ4n) is 2.75. The molecule has 0 spiro atoms. The lowest BCUT2D eigenvalue weighted by Gasteiger charge is -2.34. The van der Waals surface area contributed by atoms with Gasteiger partial charge in [0.05, 0.1) is 0 Å². The summed E-state index contributed by atoms with van der Waals surface area (Å²) in [5, 5.41) is 0. The van der Waals surface area contributed by atoms with Gasteiger partial charge in [0.15, 0.2) is 0 Å². The summed E-state index contributed by atoms with van der Waals surface area (Å²) in [6, 6.07) is 2.04. The zero-order valence-corrected chi connectivity index (χ0v) is 14.0. The fraction of sp³-hybridized carbons (Fsp3) is 0.688. The van der Waals surface area contributed by atoms with Gasteiger partial charge in [-0.15, -0.1) is 0 Å². The Bertz CT molecular complexity index is 479. The first-order chi connectivity index (χ1) is 10.7. The topological polar surface area (TPSA) is 52.6 Å². The summed E-state index contributed by atoms with van der Waals surface area (Å²) in [5.74, 6) is 1.81. The molecule has 0 aromatic carbocycles. The van der Waals surface area contributed by atoms with Gasteiger partial charge in [0.2, 0.25) is 12.4 Å². The molecular weight excluding hydrogens is 278 g/mol. The van der Waals surface area contributed by atoms with E-state index in [1.807, 2.05) is 17.9 Å². The molecule has 1 aliphatic rings. The average molecular weight is 305 g/mol. The van der Waals surface area contributed by atoms with E-state index in [-0.39, 0.29) is 0 Å². The van der Waals surface area contributed by atoms with E-state index in [1.54, 1.807) is 0 Å². The molecule has 1 aliphatic heterocycles. The van der Waals surface area contributed by atoms with Crippen LogP contribution in [0.15, 0.2) is 6.07 Å². The standard InChI is InChI=1S/C16H27N5O/c1-4-6-21(7-5-2)16-17-14(3)12-15(18-16)20-10-8-19(13-22)9-11-20/h12-13H,4-11H2,1-3H3. The lowest BCUT2D eigenvalue weighted by atomic mass is 10.3. The van der Waals surface area contributed by atoms with Crippen LogP contribution in [-0.2, 0) is 4.79 Å². The SMILES string of the molecule is CCCN(CCC)c1nc(C)cc(N2CCN(C=O)CC2)n1. The maximum Gasteiger partial charge on any atom is 0.227 e. The molecule has 0 saturated carbocycles. The van der Waals surface area contributed by atoms with Gasteiger partial charge in [-0.05, 0) is 19.8 Å². The van der Waals surface area contributed by atoms with Gasteiger partial charge in [0, 0.05) is 51.0 Å². The minimum atomic E-state index is 0.759. The molecule has 1 aromatic rings. The van der Waals surface area contributed by atoms with Crippen molar-refractivity contribution in [2.75, 3.05) is 49.1 Å². The molecule has 6 heteroatoms. The van der Waals surface area contributed by atoms with Gasteiger partial charge in [-0.25, -0.2) is 4.98 Å². The molecule has 1 aromatic heterocycles. The van der Waals surface area contributed by atoms with Crippen LogP contribution in [0.1, 0.15) is 32.4 Å². The molecule has 0 unspecified atom stereocenters. The van der Waals surface area contributed by atoms with Crippen LogP contribution < -0.4 is 9.80 Å². The summed E-state index contributed by atoms with van der Waals surface area (Å²) in [6.07, 6.45) is 3.10. The van der Waals surface area contributed by atoms with Crippen LogP contribution in [-0.4, -0.2) is 60.5 Å². The van der Waals surface area contributed by atoms with Crippen molar-refractivity contribution in [1.29, 1.82) is 0 Å². The van der Waals surface area contributed by atoms with Gasteiger partial charge >= 0.3 is 0 Å². The molecule has 0 radical (unpaired) electrons. The number of rotatable bonds is 7. The third-order valence-corrected chi connectivity index (χ3v) is 3.89. The second kappa shape index (κ2) is 7.96. The molecule has 2 heterocycles. The number of nitrogens with zero attached hydrogens (tertiary/aromatic N) is 5. The minimum Gasteiger partial charge on any atom is -0.353 e. The Morgan fingerprint density at radius 2 is 1.77 bits per heavy atom. The van der Waals surface area contributed by atoms with Gasteiger partial charge in [-0.1, -0.05) is 13.8 Å². The number of aromatic nitrogens is 2. The largest absolute Gasteiger partial charge is 0.353 e. The highest BCUT2D eigenvalue weighted by Crippen LogP contribution is 2.19. The highest BCUT2D eigenvalue weighted by molar-refractivity contribution is 5.50. The first kappa shape index (κ1) is 16.5. The Balaban J connectivity index is 2.17. The molecule has 0 N–H and O–H groups in total. The van der Waals surface area contributed by atoms with Crippen molar-refractivity contribution < 1.29 is 4.79 Å². The molecular formula is C16H27N5O. The van der Waals surface area contributed by atoms with Crippen LogP contribution >= 0.6 is 0 Å². The summed E-state index contributed by atoms with van der Waals surface area (Å²) in [4.78, 5) is 26.5. The number of aryl methyl sites for hydroxylation is 1. The molecule has 6 nitrogen and oxygen atoms in total. The first-order valence-corrected chi connectivity index (χ1v) is 8.22. The normalized spacial score (nSPS) is 15.0. The summed E-state index contributed by atoms with van der Waals surface area (Å²) in [5.41, 5.74) is 0.995. The fourth-order valence-corrected chi connectivity index (χ4v) is 2.75. The second-order valence-electron chi connectivity index (χ2n) is 5.78. The highest BCUT2D eigenvalue weighted by Gasteiger charge is 2.19. The Morgan fingerprint density at radius 3 is 2.32 bits per heavy atom. The number of hydrogen-bond acceptors (Lipinski definition) is 5. The minimum absolute atomic E-state index is 0.759. The van der Waals surface area contributed by atoms with Gasteiger partial charge in [-0.2, -0.15) is 4.98 Å². The van der Waals surface area contributed by atoms with Crippen LogP contribution in [0.4, 0.5) is 11.8 Å². The smallest absolute Gasteiger partial charge is 0.227 e. The van der Waals surface area contributed by atoms with Crippen molar-refractivity contribution in [1.82, 2.24) is 14.9 Å². The van der Waals surface area contributed by atoms with E-state index >= 15 is 0 Å². The average Bonchev–Trinajstić information content (AvgIpc) is 2.54. The summed E-state index contributed by atoms with van der Waals surface area (Å²) in [6.45, 7) is 11.5. The Labute approximate surface area is 133 Å². The van der Waals surface area contributed by atoms with E-state index in [2.05, 4.69) is 28.6 Å². The van der Waals surface area contributed by atoms with E-state index < -0.39 is 0 Å². The molecule has 22 heavy (non-hydrogen) atoms. The first-order valence-electron chi connectivity index (χ1n) is 8.22. The number of carbonyl (C=O) groups excluding carboxylic acids is 1. The predicted molar refractivity (Wildman–Crippen MR) is 89.4 cm³/mol. The highest BCUT2D eigenvalue weighted by atomic mass is 16.1. The number of piperazine rings is 1. The Hall–Kier alpha value is -1.85. The molecule has 1 saturated heterocycles. The third kappa shape index (κ3) is 4.08. The molecule has 1 amide bonds. The maximum absolute atomic E-state index is 10.8. The summed E-state index contributed by atoms with van der Waals surface area (Å²) in [7, 11) is 0. The lowest BCUT2D eigenvalue weighted by Crippen LogP contribution is -2.46. The second-order valence-corrected chi connectivity index (χ2v) is 5.78. The van der Waals surface area contributed by atoms with Crippen LogP contribution in [0.5, 0.6) is 0 Å². The van der Waals surface area contributed by atoms with Crippen molar-refractivity contribution in [3.8, 4) is 0 Å². The summed E-state index contributed by atoms with van der Waals surface area (Å²) < 4.78 is 0. The number of carbonyl (C=O) groups is 1. The lowest BCUT2D eigenvalue weighted by molar-refractivity contribution is -0.118. The van der Waals surface area contributed by atoms with E-state index in [0.29, 0.717) is 0 Å². The van der Waals surface area contributed by atoms with Crippen molar-refractivity contribution in [2.45, 2.75) is 33.6 Å². The Kier molecular flexibility index (Phi) is 5.98. The predicted octanol–water partition coefficient (Wildman–Crippen LogP) is 1.69. The molecule has 1 fully saturated rings. The van der Waals surface area contributed by atoms with Crippen LogP contribution in [0, 0.1) is 6.92 Å². The van der Waals surface area contributed by atoms with Crippen LogP contribution in [0.2, 0.25) is 0 Å². The monoisotopic (exact) mass is 305 g/mol. The Morgan fingerprint density at radius 1 is 1.14 bits per heavy atom. The van der Waals surface area contributed by atoms with Gasteiger partial charge in [0.1, 0.15) is 5.82 Å². The van der Waals surface area contributed by atoms with E-state index in [9.17, 15) is 4.79 Å². The number of hydrogen-bond donors (Lipinski definition) is 0. The molecule has 0 bridgehead atoms. The van der Waals surface area contributed by atoms with Crippen molar-refractivity contribution in [3.05, 3.63) is 11.8 Å². The third-order valence-electron chi connectivity index (χ3n) is 3.89. The van der Waals surface area contributed by atoms with Gasteiger partial charge in [-0.3, -0.25) is 4.79 Å². The van der Waals surface area contributed by atoms with Crippen molar-refractivity contribution in [3.63, 3.8) is 0 Å². The molecule has 0 aliphatic carbocycles. The molecule has 0 atom stereocenters. The zero-order valence-electron chi connectivity index (χ0n) is 14.0. The van der Waals surface area contributed by atoms with Crippen LogP contribution in [0.3, 0.4) is 0 Å². The summed E-state index contributed by atoms with van der Waals surface area (Å²) >= 11 is 0. The van der Waals surface area contributed by atoms with E-state index in [4.69, 9.17) is 4.98 Å². The van der Waals surface area contributed by atoms with E-state index in [0.717, 1.165) is 76.0 Å². The molecule has 2 rings (SSSR count).